The molecule has 1 saturated heterocycles. The summed E-state index contributed by atoms with van der Waals surface area (Å²) in [4.78, 5) is 13.2. The Labute approximate surface area is 100 Å². The lowest BCUT2D eigenvalue weighted by Gasteiger charge is -2.34. The van der Waals surface area contributed by atoms with Gasteiger partial charge in [-0.15, -0.1) is 0 Å². The maximum Gasteiger partial charge on any atom is 0.325 e. The van der Waals surface area contributed by atoms with Gasteiger partial charge in [0.05, 0.1) is 6.10 Å². The number of nitrogens with zero attached hydrogens (tertiary/aromatic N) is 1. The molecule has 0 aromatic heterocycles. The molecule has 4 heteroatoms. The number of carbonyl (C=O) groups is 1. The molecule has 0 radical (unpaired) electrons. The van der Waals surface area contributed by atoms with Crippen LogP contribution in [0.3, 0.4) is 0 Å². The topological polar surface area (TPSA) is 60.8 Å². The van der Waals surface area contributed by atoms with E-state index in [1.165, 1.54) is 0 Å². The summed E-state index contributed by atoms with van der Waals surface area (Å²) in [7, 11) is 0. The van der Waals surface area contributed by atoms with E-state index in [1.54, 1.807) is 0 Å². The molecule has 92 valence electrons. The lowest BCUT2D eigenvalue weighted by atomic mass is 10.0. The Hall–Kier alpha value is -1.39. The van der Waals surface area contributed by atoms with Gasteiger partial charge in [0.1, 0.15) is 6.04 Å². The average Bonchev–Trinajstić information content (AvgIpc) is 2.30. The molecule has 1 heterocycles. The molecule has 0 aliphatic carbocycles. The van der Waals surface area contributed by atoms with Crippen molar-refractivity contribution in [1.29, 1.82) is 0 Å². The minimum Gasteiger partial charge on any atom is -0.480 e. The van der Waals surface area contributed by atoms with Crippen LogP contribution in [0.15, 0.2) is 30.3 Å². The van der Waals surface area contributed by atoms with Crippen molar-refractivity contribution in [2.75, 3.05) is 13.1 Å². The molecule has 2 unspecified atom stereocenters. The van der Waals surface area contributed by atoms with Crippen molar-refractivity contribution >= 4 is 5.97 Å². The van der Waals surface area contributed by atoms with Gasteiger partial charge in [0, 0.05) is 6.54 Å². The fourth-order valence-corrected chi connectivity index (χ4v) is 2.36. The number of carboxylic acid groups (broad SMARTS) is 1. The van der Waals surface area contributed by atoms with E-state index in [1.807, 2.05) is 35.2 Å². The van der Waals surface area contributed by atoms with Crippen LogP contribution in [0.1, 0.15) is 24.4 Å². The lowest BCUT2D eigenvalue weighted by Crippen LogP contribution is -2.43. The molecule has 0 bridgehead atoms. The van der Waals surface area contributed by atoms with Gasteiger partial charge >= 0.3 is 5.97 Å². The molecular formula is C13H17NO3. The molecule has 1 aliphatic heterocycles. The van der Waals surface area contributed by atoms with Crippen LogP contribution < -0.4 is 0 Å². The zero-order valence-corrected chi connectivity index (χ0v) is 9.62. The molecule has 1 fully saturated rings. The second-order valence-corrected chi connectivity index (χ2v) is 4.44. The van der Waals surface area contributed by atoms with Crippen LogP contribution in [0.4, 0.5) is 0 Å². The van der Waals surface area contributed by atoms with Crippen LogP contribution in [-0.2, 0) is 4.79 Å². The predicted molar refractivity (Wildman–Crippen MR) is 63.6 cm³/mol. The summed E-state index contributed by atoms with van der Waals surface area (Å²) >= 11 is 0. The van der Waals surface area contributed by atoms with E-state index in [4.69, 9.17) is 0 Å². The molecule has 0 spiro atoms. The minimum absolute atomic E-state index is 0.408. The lowest BCUT2D eigenvalue weighted by molar-refractivity contribution is -0.144. The SMILES string of the molecule is O=C(O)C(c1ccccc1)N1CCCC(O)C1. The average molecular weight is 235 g/mol. The molecule has 2 N–H and O–H groups in total. The molecule has 17 heavy (non-hydrogen) atoms. The smallest absolute Gasteiger partial charge is 0.325 e. The third kappa shape index (κ3) is 2.84. The third-order valence-electron chi connectivity index (χ3n) is 3.14. The Kier molecular flexibility index (Phi) is 3.76. The van der Waals surface area contributed by atoms with Crippen molar-refractivity contribution in [3.8, 4) is 0 Å². The van der Waals surface area contributed by atoms with E-state index < -0.39 is 18.1 Å². The molecule has 2 atom stereocenters. The van der Waals surface area contributed by atoms with Gasteiger partial charge in [0.25, 0.3) is 0 Å². The summed E-state index contributed by atoms with van der Waals surface area (Å²) in [6.45, 7) is 1.16. The van der Waals surface area contributed by atoms with Crippen LogP contribution >= 0.6 is 0 Å². The molecule has 2 rings (SSSR count). The molecule has 4 nitrogen and oxygen atoms in total. The number of rotatable bonds is 3. The van der Waals surface area contributed by atoms with Crippen LogP contribution in [0.5, 0.6) is 0 Å². The normalized spacial score (nSPS) is 23.2. The number of aliphatic hydroxyl groups excluding tert-OH is 1. The van der Waals surface area contributed by atoms with Gasteiger partial charge in [-0.05, 0) is 24.9 Å². The van der Waals surface area contributed by atoms with Gasteiger partial charge in [0.15, 0.2) is 0 Å². The van der Waals surface area contributed by atoms with Crippen molar-refractivity contribution in [2.24, 2.45) is 0 Å². The van der Waals surface area contributed by atoms with Crippen molar-refractivity contribution in [3.05, 3.63) is 35.9 Å². The van der Waals surface area contributed by atoms with Crippen LogP contribution in [0, 0.1) is 0 Å². The van der Waals surface area contributed by atoms with Crippen LogP contribution in [-0.4, -0.2) is 40.3 Å². The number of piperidine rings is 1. The number of hydrogen-bond acceptors (Lipinski definition) is 3. The van der Waals surface area contributed by atoms with Crippen molar-refractivity contribution in [1.82, 2.24) is 4.90 Å². The van der Waals surface area contributed by atoms with Gasteiger partial charge in [-0.25, -0.2) is 0 Å². The van der Waals surface area contributed by atoms with Crippen molar-refractivity contribution < 1.29 is 15.0 Å². The summed E-state index contributed by atoms with van der Waals surface area (Å²) in [6, 6.07) is 8.54. The van der Waals surface area contributed by atoms with E-state index in [2.05, 4.69) is 0 Å². The zero-order chi connectivity index (χ0) is 12.3. The highest BCUT2D eigenvalue weighted by Crippen LogP contribution is 2.24. The number of aliphatic hydroxyl groups is 1. The van der Waals surface area contributed by atoms with E-state index in [0.717, 1.165) is 24.9 Å². The maximum absolute atomic E-state index is 11.4. The summed E-state index contributed by atoms with van der Waals surface area (Å²) in [5.41, 5.74) is 0.772. The number of likely N-dealkylation sites (tertiary alicyclic amines) is 1. The molecule has 0 amide bonds. The van der Waals surface area contributed by atoms with Crippen LogP contribution in [0.25, 0.3) is 0 Å². The number of hydrogen-bond donors (Lipinski definition) is 2. The standard InChI is InChI=1S/C13H17NO3/c15-11-7-4-8-14(9-11)12(13(16)17)10-5-2-1-3-6-10/h1-3,5-6,11-12,15H,4,7-9H2,(H,16,17). The minimum atomic E-state index is -0.856. The number of β-amino-alcohol motifs (C(OH)–C–C–N with tert-alkyl or cyclic N) is 1. The molecule has 1 aliphatic rings. The highest BCUT2D eigenvalue weighted by atomic mass is 16.4. The Morgan fingerprint density at radius 2 is 2.06 bits per heavy atom. The largest absolute Gasteiger partial charge is 0.480 e. The quantitative estimate of drug-likeness (QED) is 0.828. The van der Waals surface area contributed by atoms with E-state index in [0.29, 0.717) is 6.54 Å². The fourth-order valence-electron chi connectivity index (χ4n) is 2.36. The van der Waals surface area contributed by atoms with Gasteiger partial charge in [-0.1, -0.05) is 30.3 Å². The second-order valence-electron chi connectivity index (χ2n) is 4.44. The molecule has 1 aromatic carbocycles. The monoisotopic (exact) mass is 235 g/mol. The Morgan fingerprint density at radius 1 is 1.35 bits per heavy atom. The first-order valence-electron chi connectivity index (χ1n) is 5.88. The molecule has 1 aromatic rings. The molecule has 0 saturated carbocycles. The van der Waals surface area contributed by atoms with Gasteiger partial charge in [0.2, 0.25) is 0 Å². The Balaban J connectivity index is 2.20. The Bertz CT molecular complexity index is 380. The first-order valence-corrected chi connectivity index (χ1v) is 5.88. The van der Waals surface area contributed by atoms with Gasteiger partial charge in [-0.2, -0.15) is 0 Å². The number of aliphatic carboxylic acids is 1. The fraction of sp³-hybridized carbons (Fsp3) is 0.462. The van der Waals surface area contributed by atoms with Crippen molar-refractivity contribution in [2.45, 2.75) is 25.0 Å². The zero-order valence-electron chi connectivity index (χ0n) is 9.62. The summed E-state index contributed by atoms with van der Waals surface area (Å²) < 4.78 is 0. The highest BCUT2D eigenvalue weighted by Gasteiger charge is 2.30. The predicted octanol–water partition coefficient (Wildman–Crippen LogP) is 1.27. The van der Waals surface area contributed by atoms with Gasteiger partial charge < -0.3 is 10.2 Å². The van der Waals surface area contributed by atoms with E-state index >= 15 is 0 Å². The van der Waals surface area contributed by atoms with E-state index in [9.17, 15) is 15.0 Å². The van der Waals surface area contributed by atoms with Gasteiger partial charge in [-0.3, -0.25) is 9.69 Å². The van der Waals surface area contributed by atoms with Crippen LogP contribution in [0.2, 0.25) is 0 Å². The first kappa shape index (κ1) is 12.1. The number of carboxylic acids is 1. The molecular weight excluding hydrogens is 218 g/mol. The first-order chi connectivity index (χ1) is 8.18. The number of benzene rings is 1. The second kappa shape index (κ2) is 5.29. The maximum atomic E-state index is 11.4. The highest BCUT2D eigenvalue weighted by molar-refractivity contribution is 5.75. The Morgan fingerprint density at radius 3 is 2.65 bits per heavy atom. The van der Waals surface area contributed by atoms with E-state index in [-0.39, 0.29) is 0 Å². The summed E-state index contributed by atoms with van der Waals surface area (Å²) in [6.07, 6.45) is 1.20. The third-order valence-corrected chi connectivity index (χ3v) is 3.14. The summed E-state index contributed by atoms with van der Waals surface area (Å²) in [5, 5.41) is 19.0. The van der Waals surface area contributed by atoms with Crippen molar-refractivity contribution in [3.63, 3.8) is 0 Å². The summed E-state index contributed by atoms with van der Waals surface area (Å²) in [5.74, 6) is -0.856.